The summed E-state index contributed by atoms with van der Waals surface area (Å²) in [7, 11) is 0. The second kappa shape index (κ2) is 7.75. The Labute approximate surface area is 199 Å². The van der Waals surface area contributed by atoms with E-state index in [4.69, 9.17) is 20.9 Å². The highest BCUT2D eigenvalue weighted by atomic mass is 35.5. The zero-order chi connectivity index (χ0) is 23.4. The van der Waals surface area contributed by atoms with Gasteiger partial charge in [0.2, 0.25) is 5.82 Å². The zero-order valence-electron chi connectivity index (χ0n) is 18.6. The molecular formula is C24H21ClN6O3. The van der Waals surface area contributed by atoms with Gasteiger partial charge in [-0.15, -0.1) is 0 Å². The molecule has 0 radical (unpaired) electrons. The summed E-state index contributed by atoms with van der Waals surface area (Å²) in [6.45, 7) is 4.33. The number of halogens is 1. The van der Waals surface area contributed by atoms with Gasteiger partial charge in [-0.3, -0.25) is 18.7 Å². The van der Waals surface area contributed by atoms with Gasteiger partial charge in [0.05, 0.1) is 33.9 Å². The molecule has 6 rings (SSSR count). The summed E-state index contributed by atoms with van der Waals surface area (Å²) in [6.07, 6.45) is 4.73. The van der Waals surface area contributed by atoms with Crippen LogP contribution >= 0.6 is 11.6 Å². The molecule has 172 valence electrons. The van der Waals surface area contributed by atoms with Crippen LogP contribution in [0.5, 0.6) is 0 Å². The van der Waals surface area contributed by atoms with Crippen molar-refractivity contribution in [2.24, 2.45) is 0 Å². The van der Waals surface area contributed by atoms with Gasteiger partial charge in [-0.05, 0) is 51.0 Å². The van der Waals surface area contributed by atoms with E-state index in [-0.39, 0.29) is 29.7 Å². The first kappa shape index (κ1) is 21.0. The Kier molecular flexibility index (Phi) is 4.79. The van der Waals surface area contributed by atoms with Crippen molar-refractivity contribution in [2.45, 2.75) is 44.9 Å². The van der Waals surface area contributed by atoms with Gasteiger partial charge >= 0.3 is 0 Å². The molecule has 10 heteroatoms. The summed E-state index contributed by atoms with van der Waals surface area (Å²) in [5.41, 5.74) is 2.20. The molecule has 1 aromatic carbocycles. The SMILES string of the molecule is CC1(C)CCC(c2noc(-c3ncn4c3c(=O)n(Cc3ccccn3)c3c(Cl)cccc34)n2)O1. The topological polar surface area (TPSA) is 100 Å². The third-order valence-electron chi connectivity index (χ3n) is 6.16. The first-order chi connectivity index (χ1) is 16.4. The van der Waals surface area contributed by atoms with E-state index >= 15 is 0 Å². The zero-order valence-corrected chi connectivity index (χ0v) is 19.4. The fourth-order valence-electron chi connectivity index (χ4n) is 4.52. The molecule has 0 aliphatic carbocycles. The number of pyridine rings is 1. The molecule has 0 saturated carbocycles. The van der Waals surface area contributed by atoms with E-state index in [2.05, 4.69) is 20.1 Å². The molecule has 5 heterocycles. The van der Waals surface area contributed by atoms with Crippen molar-refractivity contribution in [1.82, 2.24) is 29.1 Å². The molecule has 0 spiro atoms. The summed E-state index contributed by atoms with van der Waals surface area (Å²) >= 11 is 6.55. The van der Waals surface area contributed by atoms with Crippen LogP contribution < -0.4 is 5.56 Å². The van der Waals surface area contributed by atoms with Gasteiger partial charge in [-0.2, -0.15) is 4.98 Å². The maximum atomic E-state index is 13.8. The third-order valence-corrected chi connectivity index (χ3v) is 6.46. The number of imidazole rings is 1. The van der Waals surface area contributed by atoms with E-state index in [0.29, 0.717) is 27.6 Å². The second-order valence-corrected chi connectivity index (χ2v) is 9.40. The van der Waals surface area contributed by atoms with Gasteiger partial charge in [0.25, 0.3) is 11.4 Å². The number of hydrogen-bond donors (Lipinski definition) is 0. The van der Waals surface area contributed by atoms with E-state index in [0.717, 1.165) is 24.1 Å². The number of ether oxygens (including phenoxy) is 1. The van der Waals surface area contributed by atoms with Crippen LogP contribution in [-0.2, 0) is 11.3 Å². The van der Waals surface area contributed by atoms with Crippen LogP contribution in [0.2, 0.25) is 5.02 Å². The first-order valence-electron chi connectivity index (χ1n) is 11.0. The average molecular weight is 477 g/mol. The molecule has 1 fully saturated rings. The lowest BCUT2D eigenvalue weighted by Crippen LogP contribution is -2.24. The van der Waals surface area contributed by atoms with Crippen molar-refractivity contribution < 1.29 is 9.26 Å². The van der Waals surface area contributed by atoms with Crippen molar-refractivity contribution in [1.29, 1.82) is 0 Å². The van der Waals surface area contributed by atoms with Crippen LogP contribution in [0.25, 0.3) is 28.1 Å². The summed E-state index contributed by atoms with van der Waals surface area (Å²) < 4.78 is 14.9. The monoisotopic (exact) mass is 476 g/mol. The molecule has 1 saturated heterocycles. The van der Waals surface area contributed by atoms with Gasteiger partial charge in [0.15, 0.2) is 5.69 Å². The number of nitrogens with zero attached hydrogens (tertiary/aromatic N) is 6. The maximum absolute atomic E-state index is 13.8. The normalized spacial score (nSPS) is 17.7. The van der Waals surface area contributed by atoms with E-state index < -0.39 is 0 Å². The van der Waals surface area contributed by atoms with Crippen molar-refractivity contribution in [3.8, 4) is 11.6 Å². The number of fused-ring (bicyclic) bond motifs is 3. The van der Waals surface area contributed by atoms with Gasteiger partial charge in [-0.25, -0.2) is 4.98 Å². The summed E-state index contributed by atoms with van der Waals surface area (Å²) in [5.74, 6) is 0.632. The summed E-state index contributed by atoms with van der Waals surface area (Å²) in [4.78, 5) is 27.2. The van der Waals surface area contributed by atoms with E-state index in [1.165, 1.54) is 0 Å². The van der Waals surface area contributed by atoms with E-state index in [1.807, 2.05) is 44.2 Å². The molecule has 9 nitrogen and oxygen atoms in total. The smallest absolute Gasteiger partial charge is 0.279 e. The number of para-hydroxylation sites is 1. The highest BCUT2D eigenvalue weighted by Gasteiger charge is 2.35. The van der Waals surface area contributed by atoms with Crippen LogP contribution in [0.1, 0.15) is 44.3 Å². The fraction of sp³-hybridized carbons (Fsp3) is 0.292. The lowest BCUT2D eigenvalue weighted by molar-refractivity contribution is -0.0207. The lowest BCUT2D eigenvalue weighted by Gasteiger charge is -2.17. The number of benzene rings is 1. The van der Waals surface area contributed by atoms with Gasteiger partial charge in [0, 0.05) is 6.20 Å². The molecule has 1 atom stereocenters. The Bertz CT molecular complexity index is 1590. The van der Waals surface area contributed by atoms with Crippen LogP contribution in [0.4, 0.5) is 0 Å². The predicted octanol–water partition coefficient (Wildman–Crippen LogP) is 4.43. The van der Waals surface area contributed by atoms with Gasteiger partial charge in [0.1, 0.15) is 17.9 Å². The second-order valence-electron chi connectivity index (χ2n) is 8.99. The molecule has 0 N–H and O–H groups in total. The number of rotatable bonds is 4. The van der Waals surface area contributed by atoms with Crippen molar-refractivity contribution >= 4 is 28.2 Å². The van der Waals surface area contributed by atoms with E-state index in [1.54, 1.807) is 27.6 Å². The molecule has 34 heavy (non-hydrogen) atoms. The maximum Gasteiger partial charge on any atom is 0.279 e. The minimum absolute atomic E-state index is 0.175. The number of hydrogen-bond acceptors (Lipinski definition) is 7. The largest absolute Gasteiger partial charge is 0.364 e. The Morgan fingerprint density at radius 1 is 1.15 bits per heavy atom. The van der Waals surface area contributed by atoms with Crippen LogP contribution in [0.15, 0.2) is 58.2 Å². The van der Waals surface area contributed by atoms with Crippen LogP contribution in [0, 0.1) is 0 Å². The highest BCUT2D eigenvalue weighted by molar-refractivity contribution is 6.35. The molecule has 0 bridgehead atoms. The summed E-state index contributed by atoms with van der Waals surface area (Å²) in [6, 6.07) is 11.1. The lowest BCUT2D eigenvalue weighted by atomic mass is 10.1. The Morgan fingerprint density at radius 3 is 2.79 bits per heavy atom. The first-order valence-corrected chi connectivity index (χ1v) is 11.4. The Hall–Kier alpha value is -3.56. The van der Waals surface area contributed by atoms with Crippen LogP contribution in [0.3, 0.4) is 0 Å². The van der Waals surface area contributed by atoms with Gasteiger partial charge in [-0.1, -0.05) is 28.9 Å². The molecule has 1 aliphatic heterocycles. The Morgan fingerprint density at radius 2 is 2.03 bits per heavy atom. The molecular weight excluding hydrogens is 456 g/mol. The molecule has 5 aromatic rings. The molecule has 1 unspecified atom stereocenters. The van der Waals surface area contributed by atoms with Crippen molar-refractivity contribution in [3.05, 3.63) is 75.8 Å². The third kappa shape index (κ3) is 3.39. The molecule has 4 aromatic heterocycles. The van der Waals surface area contributed by atoms with E-state index in [9.17, 15) is 4.79 Å². The van der Waals surface area contributed by atoms with Crippen molar-refractivity contribution in [2.75, 3.05) is 0 Å². The quantitative estimate of drug-likeness (QED) is 0.378. The Balaban J connectivity index is 1.53. The molecule has 0 amide bonds. The van der Waals surface area contributed by atoms with Crippen LogP contribution in [-0.4, -0.2) is 34.7 Å². The van der Waals surface area contributed by atoms with Crippen molar-refractivity contribution in [3.63, 3.8) is 0 Å². The standard InChI is InChI=1S/C24H21ClN6O3/c1-24(2)10-9-17(33-24)21-28-22(34-29-21)18-20-23(32)30(12-14-6-3-4-11-26-14)19-15(25)7-5-8-16(19)31(20)13-27-18/h3-8,11,13,17H,9-10,12H2,1-2H3. The highest BCUT2D eigenvalue weighted by Crippen LogP contribution is 2.38. The molecule has 1 aliphatic rings. The minimum atomic E-state index is -0.281. The van der Waals surface area contributed by atoms with Gasteiger partial charge < -0.3 is 9.26 Å². The fourth-order valence-corrected chi connectivity index (χ4v) is 4.79. The minimum Gasteiger partial charge on any atom is -0.364 e. The summed E-state index contributed by atoms with van der Waals surface area (Å²) in [5, 5.41) is 4.58. The average Bonchev–Trinajstić information content (AvgIpc) is 3.55. The number of aromatic nitrogens is 6. The predicted molar refractivity (Wildman–Crippen MR) is 126 cm³/mol.